The molecule has 1 aromatic carbocycles. The third-order valence-corrected chi connectivity index (χ3v) is 4.29. The standard InChI is InChI=1S/C17H15FN4O3/c18-12-4-1-5-13-15(12)16(21-20-13)19-17(24)10-7-14(23)22(8-10)9-11-3-2-6-25-11/h1-6,10H,7-9H2,(H2,19,20,21,24)/t10-/m0/s1. The first kappa shape index (κ1) is 15.4. The van der Waals surface area contributed by atoms with Crippen LogP contribution in [0.3, 0.4) is 0 Å². The Morgan fingerprint density at radius 3 is 3.08 bits per heavy atom. The number of aromatic amines is 1. The van der Waals surface area contributed by atoms with Crippen molar-refractivity contribution in [3.05, 3.63) is 48.2 Å². The number of hydrogen-bond acceptors (Lipinski definition) is 4. The van der Waals surface area contributed by atoms with Crippen LogP contribution in [-0.4, -0.2) is 33.5 Å². The zero-order valence-electron chi connectivity index (χ0n) is 13.2. The van der Waals surface area contributed by atoms with Crippen molar-refractivity contribution in [1.82, 2.24) is 15.1 Å². The Morgan fingerprint density at radius 1 is 1.40 bits per heavy atom. The van der Waals surface area contributed by atoms with Crippen LogP contribution in [0.1, 0.15) is 12.2 Å². The van der Waals surface area contributed by atoms with Gasteiger partial charge >= 0.3 is 0 Å². The second kappa shape index (κ2) is 6.04. The first-order chi connectivity index (χ1) is 12.1. The molecular formula is C17H15FN4O3. The molecule has 0 aliphatic carbocycles. The summed E-state index contributed by atoms with van der Waals surface area (Å²) in [7, 11) is 0. The molecule has 1 aliphatic heterocycles. The number of carbonyl (C=O) groups is 2. The molecule has 2 amide bonds. The van der Waals surface area contributed by atoms with E-state index in [1.165, 1.54) is 12.3 Å². The Bertz CT molecular complexity index is 935. The van der Waals surface area contributed by atoms with Gasteiger partial charge in [-0.05, 0) is 24.3 Å². The molecule has 1 fully saturated rings. The average molecular weight is 342 g/mol. The summed E-state index contributed by atoms with van der Waals surface area (Å²) in [5.41, 5.74) is 0.497. The molecule has 0 unspecified atom stereocenters. The van der Waals surface area contributed by atoms with Crippen LogP contribution in [0.2, 0.25) is 0 Å². The minimum absolute atomic E-state index is 0.109. The fourth-order valence-electron chi connectivity index (χ4n) is 3.03. The summed E-state index contributed by atoms with van der Waals surface area (Å²) in [5, 5.41) is 9.49. The molecule has 0 spiro atoms. The summed E-state index contributed by atoms with van der Waals surface area (Å²) in [5.74, 6) is -0.657. The summed E-state index contributed by atoms with van der Waals surface area (Å²) >= 11 is 0. The lowest BCUT2D eigenvalue weighted by Gasteiger charge is -2.14. The van der Waals surface area contributed by atoms with Gasteiger partial charge in [-0.25, -0.2) is 4.39 Å². The number of benzene rings is 1. The number of fused-ring (bicyclic) bond motifs is 1. The number of halogens is 1. The first-order valence-electron chi connectivity index (χ1n) is 7.85. The van der Waals surface area contributed by atoms with E-state index < -0.39 is 11.7 Å². The van der Waals surface area contributed by atoms with Crippen molar-refractivity contribution >= 4 is 28.5 Å². The van der Waals surface area contributed by atoms with Gasteiger partial charge in [0.1, 0.15) is 11.6 Å². The number of aromatic nitrogens is 2. The molecule has 0 bridgehead atoms. The number of carbonyl (C=O) groups excluding carboxylic acids is 2. The zero-order chi connectivity index (χ0) is 17.4. The maximum absolute atomic E-state index is 14.0. The van der Waals surface area contributed by atoms with Crippen LogP contribution in [-0.2, 0) is 16.1 Å². The summed E-state index contributed by atoms with van der Waals surface area (Å²) in [4.78, 5) is 26.2. The fourth-order valence-corrected chi connectivity index (χ4v) is 3.03. The summed E-state index contributed by atoms with van der Waals surface area (Å²) in [6.45, 7) is 0.617. The number of likely N-dealkylation sites (tertiary alicyclic amines) is 1. The molecule has 4 rings (SSSR count). The molecule has 3 aromatic rings. The number of rotatable bonds is 4. The predicted molar refractivity (Wildman–Crippen MR) is 86.9 cm³/mol. The Labute approximate surface area is 141 Å². The van der Waals surface area contributed by atoms with Crippen molar-refractivity contribution in [3.63, 3.8) is 0 Å². The van der Waals surface area contributed by atoms with Crippen molar-refractivity contribution in [2.24, 2.45) is 5.92 Å². The molecule has 3 heterocycles. The quantitative estimate of drug-likeness (QED) is 0.761. The van der Waals surface area contributed by atoms with E-state index in [0.717, 1.165) is 0 Å². The Balaban J connectivity index is 1.47. The van der Waals surface area contributed by atoms with Crippen LogP contribution in [0.25, 0.3) is 10.9 Å². The van der Waals surface area contributed by atoms with Crippen LogP contribution < -0.4 is 5.32 Å². The Hall–Kier alpha value is -3.16. The van der Waals surface area contributed by atoms with E-state index in [1.54, 1.807) is 29.2 Å². The van der Waals surface area contributed by atoms with Crippen molar-refractivity contribution in [1.29, 1.82) is 0 Å². The molecule has 1 aliphatic rings. The van der Waals surface area contributed by atoms with E-state index in [1.807, 2.05) is 0 Å². The van der Waals surface area contributed by atoms with E-state index in [0.29, 0.717) is 17.8 Å². The molecule has 7 nitrogen and oxygen atoms in total. The summed E-state index contributed by atoms with van der Waals surface area (Å²) in [6, 6.07) is 8.06. The number of nitrogens with zero attached hydrogens (tertiary/aromatic N) is 2. The van der Waals surface area contributed by atoms with Gasteiger partial charge in [-0.1, -0.05) is 6.07 Å². The van der Waals surface area contributed by atoms with Crippen molar-refractivity contribution in [2.75, 3.05) is 11.9 Å². The van der Waals surface area contributed by atoms with E-state index >= 15 is 0 Å². The summed E-state index contributed by atoms with van der Waals surface area (Å²) < 4.78 is 19.2. The lowest BCUT2D eigenvalue weighted by atomic mass is 10.1. The number of furan rings is 1. The predicted octanol–water partition coefficient (Wildman–Crippen LogP) is 2.28. The highest BCUT2D eigenvalue weighted by molar-refractivity contribution is 6.02. The van der Waals surface area contributed by atoms with Gasteiger partial charge in [0.25, 0.3) is 0 Å². The smallest absolute Gasteiger partial charge is 0.231 e. The SMILES string of the molecule is O=C(Nc1n[nH]c2cccc(F)c12)[C@H]1CC(=O)N(Cc2ccco2)C1. The second-order valence-electron chi connectivity index (χ2n) is 5.98. The van der Waals surface area contributed by atoms with E-state index in [9.17, 15) is 14.0 Å². The first-order valence-corrected chi connectivity index (χ1v) is 7.85. The van der Waals surface area contributed by atoms with Gasteiger partial charge in [-0.15, -0.1) is 0 Å². The van der Waals surface area contributed by atoms with Crippen LogP contribution in [0.4, 0.5) is 10.2 Å². The van der Waals surface area contributed by atoms with Gasteiger partial charge in [0.2, 0.25) is 11.8 Å². The second-order valence-corrected chi connectivity index (χ2v) is 5.98. The lowest BCUT2D eigenvalue weighted by molar-refractivity contribution is -0.128. The Morgan fingerprint density at radius 2 is 2.28 bits per heavy atom. The van der Waals surface area contributed by atoms with Crippen molar-refractivity contribution < 1.29 is 18.4 Å². The third-order valence-electron chi connectivity index (χ3n) is 4.29. The fraction of sp³-hybridized carbons (Fsp3) is 0.235. The van der Waals surface area contributed by atoms with E-state index in [4.69, 9.17) is 4.42 Å². The van der Waals surface area contributed by atoms with E-state index in [-0.39, 0.29) is 36.0 Å². The van der Waals surface area contributed by atoms with Gasteiger partial charge in [0.15, 0.2) is 5.82 Å². The van der Waals surface area contributed by atoms with Gasteiger partial charge in [-0.3, -0.25) is 14.7 Å². The maximum Gasteiger partial charge on any atom is 0.231 e. The highest BCUT2D eigenvalue weighted by atomic mass is 19.1. The highest BCUT2D eigenvalue weighted by Crippen LogP contribution is 2.26. The largest absolute Gasteiger partial charge is 0.467 e. The third kappa shape index (κ3) is 2.86. The number of H-pyrrole nitrogens is 1. The molecule has 0 saturated carbocycles. The van der Waals surface area contributed by atoms with Crippen molar-refractivity contribution in [3.8, 4) is 0 Å². The zero-order valence-corrected chi connectivity index (χ0v) is 13.2. The average Bonchev–Trinajstić information content (AvgIpc) is 3.30. The Kier molecular flexibility index (Phi) is 3.72. The van der Waals surface area contributed by atoms with Crippen molar-refractivity contribution in [2.45, 2.75) is 13.0 Å². The molecule has 0 radical (unpaired) electrons. The minimum Gasteiger partial charge on any atom is -0.467 e. The number of amides is 2. The molecule has 2 aromatic heterocycles. The van der Waals surface area contributed by atoms with Crippen LogP contribution in [0.5, 0.6) is 0 Å². The van der Waals surface area contributed by atoms with Crippen LogP contribution >= 0.6 is 0 Å². The van der Waals surface area contributed by atoms with Gasteiger partial charge in [0, 0.05) is 13.0 Å². The molecule has 1 saturated heterocycles. The van der Waals surface area contributed by atoms with E-state index in [2.05, 4.69) is 15.5 Å². The number of hydrogen-bond donors (Lipinski definition) is 2. The molecule has 2 N–H and O–H groups in total. The van der Waals surface area contributed by atoms with Gasteiger partial charge < -0.3 is 14.6 Å². The van der Waals surface area contributed by atoms with Crippen LogP contribution in [0.15, 0.2) is 41.0 Å². The minimum atomic E-state index is -0.513. The molecule has 1 atom stereocenters. The highest BCUT2D eigenvalue weighted by Gasteiger charge is 2.35. The number of anilines is 1. The molecular weight excluding hydrogens is 327 g/mol. The number of nitrogens with one attached hydrogen (secondary N) is 2. The topological polar surface area (TPSA) is 91.2 Å². The normalized spacial score (nSPS) is 17.4. The van der Waals surface area contributed by atoms with Gasteiger partial charge in [0.05, 0.1) is 29.6 Å². The lowest BCUT2D eigenvalue weighted by Crippen LogP contribution is -2.28. The monoisotopic (exact) mass is 342 g/mol. The van der Waals surface area contributed by atoms with Gasteiger partial charge in [-0.2, -0.15) is 5.10 Å². The molecule has 25 heavy (non-hydrogen) atoms. The molecule has 128 valence electrons. The molecule has 8 heteroatoms. The van der Waals surface area contributed by atoms with Crippen LogP contribution in [0, 0.1) is 11.7 Å². The summed E-state index contributed by atoms with van der Waals surface area (Å²) in [6.07, 6.45) is 1.65. The maximum atomic E-state index is 14.0.